The van der Waals surface area contributed by atoms with Crippen molar-refractivity contribution in [2.45, 2.75) is 26.2 Å². The first-order valence-electron chi connectivity index (χ1n) is 6.07. The van der Waals surface area contributed by atoms with Gasteiger partial charge < -0.3 is 4.74 Å². The maximum atomic E-state index is 6.33. The number of hydrogen-bond acceptors (Lipinski definition) is 1. The van der Waals surface area contributed by atoms with Gasteiger partial charge in [0.25, 0.3) is 0 Å². The molecule has 0 atom stereocenters. The summed E-state index contributed by atoms with van der Waals surface area (Å²) in [4.78, 5) is 0. The van der Waals surface area contributed by atoms with Gasteiger partial charge in [-0.05, 0) is 56.0 Å². The SMILES string of the molecule is C=CCCC/C(Br)=C(/Cl)c1ccc(OCC)cc1. The van der Waals surface area contributed by atoms with Crippen molar-refractivity contribution in [3.8, 4) is 5.75 Å². The normalized spacial score (nSPS) is 11.9. The Morgan fingerprint density at radius 3 is 2.61 bits per heavy atom. The summed E-state index contributed by atoms with van der Waals surface area (Å²) in [6.07, 6.45) is 4.91. The lowest BCUT2D eigenvalue weighted by atomic mass is 10.1. The maximum Gasteiger partial charge on any atom is 0.119 e. The minimum Gasteiger partial charge on any atom is -0.494 e. The van der Waals surface area contributed by atoms with E-state index in [1.54, 1.807) is 0 Å². The molecule has 0 bridgehead atoms. The van der Waals surface area contributed by atoms with Gasteiger partial charge in [-0.25, -0.2) is 0 Å². The third-order valence-corrected chi connectivity index (χ3v) is 3.93. The molecule has 0 aliphatic rings. The van der Waals surface area contributed by atoms with E-state index >= 15 is 0 Å². The van der Waals surface area contributed by atoms with E-state index in [-0.39, 0.29) is 0 Å². The second-order valence-corrected chi connectivity index (χ2v) is 5.19. The van der Waals surface area contributed by atoms with Crippen LogP contribution in [0.1, 0.15) is 31.7 Å². The lowest BCUT2D eigenvalue weighted by Crippen LogP contribution is -1.91. The minimum absolute atomic E-state index is 0.675. The Labute approximate surface area is 123 Å². The van der Waals surface area contributed by atoms with E-state index in [1.807, 2.05) is 37.3 Å². The van der Waals surface area contributed by atoms with Crippen molar-refractivity contribution in [1.29, 1.82) is 0 Å². The molecule has 0 aliphatic heterocycles. The molecule has 1 aromatic rings. The summed E-state index contributed by atoms with van der Waals surface area (Å²) in [6, 6.07) is 7.82. The predicted molar refractivity (Wildman–Crippen MR) is 83.4 cm³/mol. The fraction of sp³-hybridized carbons (Fsp3) is 0.333. The third-order valence-electron chi connectivity index (χ3n) is 2.46. The van der Waals surface area contributed by atoms with Crippen molar-refractivity contribution in [1.82, 2.24) is 0 Å². The minimum atomic E-state index is 0.675. The van der Waals surface area contributed by atoms with Gasteiger partial charge in [0.1, 0.15) is 5.75 Å². The number of unbranched alkanes of at least 4 members (excludes halogenated alkanes) is 1. The fourth-order valence-electron chi connectivity index (χ4n) is 1.53. The van der Waals surface area contributed by atoms with Crippen molar-refractivity contribution >= 4 is 32.6 Å². The molecular formula is C15H18BrClO. The lowest BCUT2D eigenvalue weighted by molar-refractivity contribution is 0.340. The average molecular weight is 330 g/mol. The molecule has 0 N–H and O–H groups in total. The van der Waals surface area contributed by atoms with Crippen LogP contribution in [-0.2, 0) is 0 Å². The van der Waals surface area contributed by atoms with Gasteiger partial charge >= 0.3 is 0 Å². The number of ether oxygens (including phenoxy) is 1. The highest BCUT2D eigenvalue weighted by Crippen LogP contribution is 2.31. The first-order valence-corrected chi connectivity index (χ1v) is 7.24. The quantitative estimate of drug-likeness (QED) is 0.457. The molecule has 98 valence electrons. The molecule has 1 nitrogen and oxygen atoms in total. The number of allylic oxidation sites excluding steroid dienone is 2. The first kappa shape index (κ1) is 15.3. The Bertz CT molecular complexity index is 409. The molecular weight excluding hydrogens is 312 g/mol. The van der Waals surface area contributed by atoms with Crippen molar-refractivity contribution in [3.05, 3.63) is 47.0 Å². The Kier molecular flexibility index (Phi) is 7.14. The molecule has 0 saturated carbocycles. The van der Waals surface area contributed by atoms with E-state index in [2.05, 4.69) is 22.5 Å². The molecule has 0 saturated heterocycles. The highest BCUT2D eigenvalue weighted by molar-refractivity contribution is 9.11. The summed E-state index contributed by atoms with van der Waals surface area (Å²) >= 11 is 9.87. The van der Waals surface area contributed by atoms with E-state index < -0.39 is 0 Å². The van der Waals surface area contributed by atoms with E-state index in [1.165, 1.54) is 0 Å². The molecule has 1 aromatic carbocycles. The van der Waals surface area contributed by atoms with E-state index in [9.17, 15) is 0 Å². The molecule has 3 heteroatoms. The molecule has 0 radical (unpaired) electrons. The molecule has 0 heterocycles. The Balaban J connectivity index is 2.72. The van der Waals surface area contributed by atoms with E-state index in [0.29, 0.717) is 6.61 Å². The van der Waals surface area contributed by atoms with Gasteiger partial charge in [-0.3, -0.25) is 0 Å². The monoisotopic (exact) mass is 328 g/mol. The van der Waals surface area contributed by atoms with Crippen LogP contribution >= 0.6 is 27.5 Å². The largest absolute Gasteiger partial charge is 0.494 e. The van der Waals surface area contributed by atoms with E-state index in [4.69, 9.17) is 16.3 Å². The van der Waals surface area contributed by atoms with Crippen LogP contribution in [-0.4, -0.2) is 6.61 Å². The first-order chi connectivity index (χ1) is 8.69. The molecule has 0 aliphatic carbocycles. The number of halogens is 2. The number of rotatable bonds is 7. The van der Waals surface area contributed by atoms with Crippen LogP contribution in [0.15, 0.2) is 41.4 Å². The summed E-state index contributed by atoms with van der Waals surface area (Å²) in [5.74, 6) is 0.869. The van der Waals surface area contributed by atoms with E-state index in [0.717, 1.165) is 40.1 Å². The molecule has 18 heavy (non-hydrogen) atoms. The van der Waals surface area contributed by atoms with Gasteiger partial charge in [-0.15, -0.1) is 6.58 Å². The Morgan fingerprint density at radius 2 is 2.06 bits per heavy atom. The summed E-state index contributed by atoms with van der Waals surface area (Å²) in [5, 5.41) is 0.766. The summed E-state index contributed by atoms with van der Waals surface area (Å²) < 4.78 is 6.44. The molecule has 0 spiro atoms. The highest BCUT2D eigenvalue weighted by Gasteiger charge is 2.04. The predicted octanol–water partition coefficient (Wildman–Crippen LogP) is 5.74. The number of benzene rings is 1. The van der Waals surface area contributed by atoms with Crippen LogP contribution in [0.25, 0.3) is 5.03 Å². The van der Waals surface area contributed by atoms with Crippen LogP contribution in [0.4, 0.5) is 0 Å². The van der Waals surface area contributed by atoms with Gasteiger partial charge in [0, 0.05) is 4.48 Å². The molecule has 1 rings (SSSR count). The molecule has 0 aromatic heterocycles. The molecule has 0 unspecified atom stereocenters. The zero-order chi connectivity index (χ0) is 13.4. The van der Waals surface area contributed by atoms with Crippen molar-refractivity contribution < 1.29 is 4.74 Å². The third kappa shape index (κ3) is 4.87. The van der Waals surface area contributed by atoms with Crippen LogP contribution in [0.2, 0.25) is 0 Å². The second kappa shape index (κ2) is 8.39. The summed E-state index contributed by atoms with van der Waals surface area (Å²) in [5.41, 5.74) is 1.01. The lowest BCUT2D eigenvalue weighted by Gasteiger charge is -2.06. The zero-order valence-corrected chi connectivity index (χ0v) is 12.9. The Hall–Kier alpha value is -0.730. The van der Waals surface area contributed by atoms with Gasteiger partial charge in [0.05, 0.1) is 11.6 Å². The van der Waals surface area contributed by atoms with Gasteiger partial charge in [-0.2, -0.15) is 0 Å². The van der Waals surface area contributed by atoms with Crippen LogP contribution in [0.5, 0.6) is 5.75 Å². The van der Waals surface area contributed by atoms with Gasteiger partial charge in [0.2, 0.25) is 0 Å². The van der Waals surface area contributed by atoms with Crippen molar-refractivity contribution in [2.24, 2.45) is 0 Å². The molecule has 0 amide bonds. The van der Waals surface area contributed by atoms with Crippen molar-refractivity contribution in [2.75, 3.05) is 6.61 Å². The standard InChI is InChI=1S/C15H18BrClO/c1-3-5-6-7-14(16)15(17)12-8-10-13(11-9-12)18-4-2/h3,8-11H,1,4-7H2,2H3/b15-14-. The zero-order valence-electron chi connectivity index (χ0n) is 10.6. The van der Waals surface area contributed by atoms with Gasteiger partial charge in [0.15, 0.2) is 0 Å². The van der Waals surface area contributed by atoms with Crippen molar-refractivity contribution in [3.63, 3.8) is 0 Å². The number of hydrogen-bond donors (Lipinski definition) is 0. The van der Waals surface area contributed by atoms with Crippen LogP contribution < -0.4 is 4.74 Å². The Morgan fingerprint density at radius 1 is 1.39 bits per heavy atom. The smallest absolute Gasteiger partial charge is 0.119 e. The maximum absolute atomic E-state index is 6.33. The second-order valence-electron chi connectivity index (χ2n) is 3.86. The van der Waals surface area contributed by atoms with Gasteiger partial charge in [-0.1, -0.05) is 33.6 Å². The van der Waals surface area contributed by atoms with Crippen LogP contribution in [0.3, 0.4) is 0 Å². The highest BCUT2D eigenvalue weighted by atomic mass is 79.9. The van der Waals surface area contributed by atoms with Crippen LogP contribution in [0, 0.1) is 0 Å². The molecule has 0 fully saturated rings. The summed E-state index contributed by atoms with van der Waals surface area (Å²) in [7, 11) is 0. The summed E-state index contributed by atoms with van der Waals surface area (Å²) in [6.45, 7) is 6.35. The fourth-order valence-corrected chi connectivity index (χ4v) is 2.26. The topological polar surface area (TPSA) is 9.23 Å². The average Bonchev–Trinajstić information content (AvgIpc) is 2.39.